The highest BCUT2D eigenvalue weighted by Crippen LogP contribution is 2.31. The molecule has 0 fully saturated rings. The Bertz CT molecular complexity index is 1390. The molecule has 0 spiro atoms. The number of pyridine rings is 1. The first-order valence-corrected chi connectivity index (χ1v) is 11.2. The molecule has 5 rings (SSSR count). The maximum atomic E-state index is 12.9. The third kappa shape index (κ3) is 3.01. The van der Waals surface area contributed by atoms with Gasteiger partial charge in [-0.2, -0.15) is 8.75 Å². The van der Waals surface area contributed by atoms with Gasteiger partial charge in [0.1, 0.15) is 20.9 Å². The van der Waals surface area contributed by atoms with Crippen molar-refractivity contribution < 1.29 is 8.42 Å². The Kier molecular flexibility index (Phi) is 4.04. The van der Waals surface area contributed by atoms with Crippen molar-refractivity contribution in [2.45, 2.75) is 4.90 Å². The molecule has 0 radical (unpaired) electrons. The molecule has 3 aromatic heterocycles. The summed E-state index contributed by atoms with van der Waals surface area (Å²) in [6.07, 6.45) is 3.47. The fraction of sp³-hybridized carbons (Fsp3) is 0. The first-order chi connectivity index (χ1) is 13.6. The maximum absolute atomic E-state index is 12.9. The van der Waals surface area contributed by atoms with E-state index in [1.165, 1.54) is 17.4 Å². The van der Waals surface area contributed by atoms with Crippen LogP contribution in [0.4, 0.5) is 5.69 Å². The van der Waals surface area contributed by atoms with Gasteiger partial charge in [0.25, 0.3) is 10.0 Å². The molecule has 0 aliphatic heterocycles. The fourth-order valence-corrected chi connectivity index (χ4v) is 5.57. The molecule has 5 aromatic rings. The Balaban J connectivity index is 1.52. The largest absolute Gasteiger partial charge is 0.280 e. The lowest BCUT2D eigenvalue weighted by atomic mass is 10.2. The average molecular weight is 426 g/mol. The molecule has 0 aliphatic carbocycles. The van der Waals surface area contributed by atoms with Crippen LogP contribution in [0.15, 0.2) is 65.8 Å². The van der Waals surface area contributed by atoms with Crippen LogP contribution in [-0.4, -0.2) is 27.1 Å². The van der Waals surface area contributed by atoms with Gasteiger partial charge in [0.2, 0.25) is 0 Å². The molecule has 0 saturated heterocycles. The summed E-state index contributed by atoms with van der Waals surface area (Å²) in [4.78, 5) is 8.81. The number of hydrogen-bond acceptors (Lipinski definition) is 8. The van der Waals surface area contributed by atoms with Crippen molar-refractivity contribution in [1.82, 2.24) is 18.7 Å². The Morgan fingerprint density at radius 3 is 2.75 bits per heavy atom. The smallest absolute Gasteiger partial charge is 0.264 e. The third-order valence-corrected chi connectivity index (χ3v) is 7.10. The van der Waals surface area contributed by atoms with Crippen LogP contribution in [0.2, 0.25) is 0 Å². The van der Waals surface area contributed by atoms with Crippen LogP contribution >= 0.6 is 23.1 Å². The molecule has 28 heavy (non-hydrogen) atoms. The Labute approximate surface area is 168 Å². The number of rotatable bonds is 4. The summed E-state index contributed by atoms with van der Waals surface area (Å²) in [6, 6.07) is 13.9. The first kappa shape index (κ1) is 17.2. The summed E-state index contributed by atoms with van der Waals surface area (Å²) in [6.45, 7) is 0. The molecule has 138 valence electrons. The van der Waals surface area contributed by atoms with Crippen molar-refractivity contribution in [1.29, 1.82) is 0 Å². The van der Waals surface area contributed by atoms with Gasteiger partial charge in [-0.05, 0) is 30.3 Å². The number of nitrogens with one attached hydrogen (secondary N) is 1. The van der Waals surface area contributed by atoms with E-state index in [9.17, 15) is 8.42 Å². The Hall–Kier alpha value is -2.95. The van der Waals surface area contributed by atoms with Gasteiger partial charge in [-0.3, -0.25) is 9.71 Å². The van der Waals surface area contributed by atoms with E-state index < -0.39 is 10.0 Å². The molecule has 1 N–H and O–H groups in total. The van der Waals surface area contributed by atoms with E-state index in [1.807, 2.05) is 12.1 Å². The van der Waals surface area contributed by atoms with Crippen molar-refractivity contribution in [3.05, 3.63) is 60.9 Å². The molecule has 3 heterocycles. The first-order valence-electron chi connectivity index (χ1n) is 8.15. The highest BCUT2D eigenvalue weighted by molar-refractivity contribution is 7.93. The van der Waals surface area contributed by atoms with Crippen LogP contribution in [0.1, 0.15) is 0 Å². The SMILES string of the molecule is O=S(=O)(Nc1cccc(-c2nc3ccncc3s2)c1)c1cccc2nsnc12. The summed E-state index contributed by atoms with van der Waals surface area (Å²) in [5.41, 5.74) is 3.08. The van der Waals surface area contributed by atoms with E-state index in [2.05, 4.69) is 23.4 Å². The van der Waals surface area contributed by atoms with E-state index in [0.29, 0.717) is 16.7 Å². The third-order valence-electron chi connectivity index (χ3n) is 4.09. The number of benzene rings is 2. The van der Waals surface area contributed by atoms with Crippen LogP contribution in [0.3, 0.4) is 0 Å². The molecule has 2 aromatic carbocycles. The fourth-order valence-electron chi connectivity index (χ4n) is 2.83. The van der Waals surface area contributed by atoms with Gasteiger partial charge >= 0.3 is 0 Å². The monoisotopic (exact) mass is 425 g/mol. The zero-order chi connectivity index (χ0) is 19.1. The minimum atomic E-state index is -3.81. The molecule has 0 saturated carbocycles. The number of fused-ring (bicyclic) bond motifs is 2. The van der Waals surface area contributed by atoms with Gasteiger partial charge < -0.3 is 0 Å². The average Bonchev–Trinajstić information content (AvgIpc) is 3.34. The topological polar surface area (TPSA) is 97.7 Å². The highest BCUT2D eigenvalue weighted by atomic mass is 32.2. The Morgan fingerprint density at radius 1 is 0.964 bits per heavy atom. The maximum Gasteiger partial charge on any atom is 0.264 e. The minimum absolute atomic E-state index is 0.107. The van der Waals surface area contributed by atoms with E-state index in [1.54, 1.807) is 42.7 Å². The molecule has 10 heteroatoms. The molecular weight excluding hydrogens is 414 g/mol. The van der Waals surface area contributed by atoms with Crippen LogP contribution in [0.5, 0.6) is 0 Å². The van der Waals surface area contributed by atoms with Crippen LogP contribution < -0.4 is 4.72 Å². The lowest BCUT2D eigenvalue weighted by Gasteiger charge is -2.09. The van der Waals surface area contributed by atoms with Gasteiger partial charge in [0.15, 0.2) is 0 Å². The summed E-state index contributed by atoms with van der Waals surface area (Å²) >= 11 is 2.50. The van der Waals surface area contributed by atoms with E-state index in [0.717, 1.165) is 32.5 Å². The summed E-state index contributed by atoms with van der Waals surface area (Å²) in [7, 11) is -3.81. The lowest BCUT2D eigenvalue weighted by Crippen LogP contribution is -2.13. The number of hydrogen-bond donors (Lipinski definition) is 1. The van der Waals surface area contributed by atoms with Crippen molar-refractivity contribution in [2.24, 2.45) is 0 Å². The number of anilines is 1. The molecule has 0 aliphatic rings. The number of aromatic nitrogens is 4. The quantitative estimate of drug-likeness (QED) is 0.464. The zero-order valence-corrected chi connectivity index (χ0v) is 16.6. The number of thiazole rings is 1. The van der Waals surface area contributed by atoms with E-state index >= 15 is 0 Å². The van der Waals surface area contributed by atoms with Crippen molar-refractivity contribution in [3.8, 4) is 10.6 Å². The van der Waals surface area contributed by atoms with Crippen molar-refractivity contribution in [2.75, 3.05) is 4.72 Å². The van der Waals surface area contributed by atoms with Crippen LogP contribution in [0, 0.1) is 0 Å². The van der Waals surface area contributed by atoms with Gasteiger partial charge in [0, 0.05) is 23.6 Å². The van der Waals surface area contributed by atoms with E-state index in [4.69, 9.17) is 0 Å². The second kappa shape index (κ2) is 6.59. The molecule has 0 amide bonds. The molecular formula is C18H11N5O2S3. The van der Waals surface area contributed by atoms with Crippen molar-refractivity contribution in [3.63, 3.8) is 0 Å². The minimum Gasteiger partial charge on any atom is -0.280 e. The molecule has 0 bridgehead atoms. The van der Waals surface area contributed by atoms with Crippen molar-refractivity contribution >= 4 is 60.0 Å². The van der Waals surface area contributed by atoms with Gasteiger partial charge in [-0.1, -0.05) is 18.2 Å². The second-order valence-electron chi connectivity index (χ2n) is 5.94. The second-order valence-corrected chi connectivity index (χ2v) is 9.15. The predicted octanol–water partition coefficient (Wildman–Crippen LogP) is 4.16. The molecule has 0 unspecified atom stereocenters. The van der Waals surface area contributed by atoms with Crippen LogP contribution in [0.25, 0.3) is 31.8 Å². The predicted molar refractivity (Wildman–Crippen MR) is 111 cm³/mol. The number of nitrogens with zero attached hydrogens (tertiary/aromatic N) is 4. The molecule has 7 nitrogen and oxygen atoms in total. The van der Waals surface area contributed by atoms with Gasteiger partial charge in [0.05, 0.1) is 21.9 Å². The number of sulfonamides is 1. The van der Waals surface area contributed by atoms with E-state index in [-0.39, 0.29) is 4.90 Å². The summed E-state index contributed by atoms with van der Waals surface area (Å²) in [5.74, 6) is 0. The standard InChI is InChI=1S/C18H11N5O2S3/c24-28(25,16-6-2-5-14-17(16)22-27-21-14)23-12-4-1-3-11(9-12)18-20-13-7-8-19-10-15(13)26-18/h1-10,23H. The summed E-state index contributed by atoms with van der Waals surface area (Å²) < 4.78 is 37.6. The Morgan fingerprint density at radius 2 is 1.86 bits per heavy atom. The summed E-state index contributed by atoms with van der Waals surface area (Å²) in [5, 5.41) is 0.801. The lowest BCUT2D eigenvalue weighted by molar-refractivity contribution is 0.602. The molecule has 0 atom stereocenters. The van der Waals surface area contributed by atoms with Gasteiger partial charge in [-0.25, -0.2) is 13.4 Å². The zero-order valence-electron chi connectivity index (χ0n) is 14.1. The normalized spacial score (nSPS) is 11.9. The highest BCUT2D eigenvalue weighted by Gasteiger charge is 2.20. The van der Waals surface area contributed by atoms with Crippen LogP contribution in [-0.2, 0) is 10.0 Å². The van der Waals surface area contributed by atoms with Gasteiger partial charge in [-0.15, -0.1) is 11.3 Å².